The molecule has 188 valence electrons. The van der Waals surface area contributed by atoms with Crippen LogP contribution in [0.15, 0.2) is 53.8 Å². The minimum absolute atomic E-state index is 0.493. The fourth-order valence-electron chi connectivity index (χ4n) is 3.39. The Kier molecular flexibility index (Phi) is 12.2. The zero-order valence-electron chi connectivity index (χ0n) is 22.1. The number of benzene rings is 1. The van der Waals surface area contributed by atoms with Gasteiger partial charge in [-0.05, 0) is 62.1 Å². The Balaban J connectivity index is 0.00000210. The minimum atomic E-state index is 0.493. The number of ether oxygens (including phenoxy) is 1. The summed E-state index contributed by atoms with van der Waals surface area (Å²) in [4.78, 5) is 15.9. The van der Waals surface area contributed by atoms with Gasteiger partial charge in [0.2, 0.25) is 5.88 Å². The monoisotopic (exact) mass is 476 g/mol. The van der Waals surface area contributed by atoms with Gasteiger partial charge in [-0.15, -0.1) is 0 Å². The summed E-state index contributed by atoms with van der Waals surface area (Å²) in [6.07, 6.45) is 6.23. The van der Waals surface area contributed by atoms with Gasteiger partial charge < -0.3 is 9.64 Å². The van der Waals surface area contributed by atoms with Crippen LogP contribution in [0.2, 0.25) is 0 Å². The van der Waals surface area contributed by atoms with Gasteiger partial charge in [-0.1, -0.05) is 39.8 Å². The molecule has 0 aliphatic heterocycles. The normalized spacial score (nSPS) is 10.6. The third kappa shape index (κ3) is 9.35. The molecule has 1 aromatic carbocycles. The molecule has 0 amide bonds. The lowest BCUT2D eigenvalue weighted by Crippen LogP contribution is -2.26. The molecule has 0 unspecified atom stereocenters. The van der Waals surface area contributed by atoms with Crippen molar-refractivity contribution in [2.24, 2.45) is 5.10 Å². The van der Waals surface area contributed by atoms with Crippen LogP contribution in [0.5, 0.6) is 5.88 Å². The summed E-state index contributed by atoms with van der Waals surface area (Å²) in [5, 5.41) is 4.36. The molecule has 0 aliphatic carbocycles. The first-order valence-corrected chi connectivity index (χ1v) is 12.6. The van der Waals surface area contributed by atoms with Crippen LogP contribution in [0.3, 0.4) is 0 Å². The fraction of sp³-hybridized carbons (Fsp3) is 0.429. The first-order chi connectivity index (χ1) is 17.1. The van der Waals surface area contributed by atoms with Gasteiger partial charge in [-0.3, -0.25) is 10.4 Å². The number of nitrogens with one attached hydrogen (secondary N) is 1. The topological polar surface area (TPSA) is 75.5 Å². The summed E-state index contributed by atoms with van der Waals surface area (Å²) in [5.41, 5.74) is 7.45. The Morgan fingerprint density at radius 3 is 2.40 bits per heavy atom. The molecule has 7 nitrogen and oxygen atoms in total. The van der Waals surface area contributed by atoms with Gasteiger partial charge in [0.25, 0.3) is 0 Å². The van der Waals surface area contributed by atoms with E-state index < -0.39 is 0 Å². The second kappa shape index (κ2) is 15.4. The van der Waals surface area contributed by atoms with Crippen LogP contribution in [0.25, 0.3) is 0 Å². The van der Waals surface area contributed by atoms with E-state index in [-0.39, 0.29) is 0 Å². The van der Waals surface area contributed by atoms with Crippen molar-refractivity contribution in [3.8, 4) is 5.88 Å². The molecular weight excluding hydrogens is 436 g/mol. The van der Waals surface area contributed by atoms with E-state index in [9.17, 15) is 0 Å². The molecule has 3 rings (SSSR count). The van der Waals surface area contributed by atoms with Crippen molar-refractivity contribution in [3.05, 3.63) is 71.3 Å². The molecule has 3 aromatic rings. The number of nitrogens with zero attached hydrogens (tertiary/aromatic N) is 5. The molecule has 0 atom stereocenters. The summed E-state index contributed by atoms with van der Waals surface area (Å²) >= 11 is 0. The SMILES string of the molecule is CC.CCCN(CCC)c1cc(OCCc2ccccn2)nc(/C=N/Nc2ccc(C)c(C)c2)n1. The Morgan fingerprint density at radius 1 is 0.971 bits per heavy atom. The second-order valence-corrected chi connectivity index (χ2v) is 8.00. The first-order valence-electron chi connectivity index (χ1n) is 12.6. The quantitative estimate of drug-likeness (QED) is 0.247. The fourth-order valence-corrected chi connectivity index (χ4v) is 3.39. The molecule has 0 radical (unpaired) electrons. The van der Waals surface area contributed by atoms with Crippen LogP contribution in [0.1, 0.15) is 63.2 Å². The standard InChI is InChI=1S/C26H34N6O.C2H6/c1-5-14-32(15-6-2)25-18-26(33-16-12-22-9-7-8-13-27-22)30-24(29-25)19-28-31-23-11-10-20(3)21(4)17-23;1-2/h7-11,13,17-19,31H,5-6,12,14-16H2,1-4H3;1-2H3/b28-19+;. The van der Waals surface area contributed by atoms with Crippen molar-refractivity contribution >= 4 is 17.7 Å². The summed E-state index contributed by atoms with van der Waals surface area (Å²) in [5.74, 6) is 1.91. The van der Waals surface area contributed by atoms with E-state index in [1.807, 2.05) is 44.2 Å². The van der Waals surface area contributed by atoms with Gasteiger partial charge in [0.1, 0.15) is 5.82 Å². The highest BCUT2D eigenvalue weighted by molar-refractivity contribution is 5.76. The van der Waals surface area contributed by atoms with Crippen LogP contribution in [-0.2, 0) is 6.42 Å². The van der Waals surface area contributed by atoms with Crippen molar-refractivity contribution < 1.29 is 4.74 Å². The molecule has 35 heavy (non-hydrogen) atoms. The van der Waals surface area contributed by atoms with Gasteiger partial charge >= 0.3 is 0 Å². The lowest BCUT2D eigenvalue weighted by molar-refractivity contribution is 0.307. The molecular formula is C28H40N6O. The second-order valence-electron chi connectivity index (χ2n) is 8.00. The maximum absolute atomic E-state index is 5.99. The van der Waals surface area contributed by atoms with Crippen molar-refractivity contribution in [2.45, 2.75) is 60.8 Å². The predicted octanol–water partition coefficient (Wildman–Crippen LogP) is 6.21. The summed E-state index contributed by atoms with van der Waals surface area (Å²) in [7, 11) is 0. The molecule has 7 heteroatoms. The molecule has 0 saturated carbocycles. The van der Waals surface area contributed by atoms with Crippen LogP contribution in [-0.4, -0.2) is 40.9 Å². The van der Waals surface area contributed by atoms with E-state index >= 15 is 0 Å². The van der Waals surface area contributed by atoms with E-state index in [0.29, 0.717) is 24.7 Å². The average molecular weight is 477 g/mol. The number of hydrogen-bond donors (Lipinski definition) is 1. The van der Waals surface area contributed by atoms with Gasteiger partial charge in [-0.2, -0.15) is 10.1 Å². The number of aromatic nitrogens is 3. The highest BCUT2D eigenvalue weighted by Crippen LogP contribution is 2.19. The largest absolute Gasteiger partial charge is 0.477 e. The molecule has 0 aliphatic rings. The van der Waals surface area contributed by atoms with E-state index in [0.717, 1.165) is 43.1 Å². The molecule has 0 saturated heterocycles. The minimum Gasteiger partial charge on any atom is -0.477 e. The molecule has 1 N–H and O–H groups in total. The van der Waals surface area contributed by atoms with E-state index in [1.165, 1.54) is 11.1 Å². The van der Waals surface area contributed by atoms with Crippen molar-refractivity contribution in [1.82, 2.24) is 15.0 Å². The van der Waals surface area contributed by atoms with Crippen LogP contribution in [0, 0.1) is 13.8 Å². The lowest BCUT2D eigenvalue weighted by atomic mass is 10.1. The van der Waals surface area contributed by atoms with Crippen molar-refractivity contribution in [1.29, 1.82) is 0 Å². The number of aryl methyl sites for hydroxylation is 2. The maximum Gasteiger partial charge on any atom is 0.219 e. The Labute approximate surface area is 210 Å². The smallest absolute Gasteiger partial charge is 0.219 e. The molecule has 0 spiro atoms. The number of hydrogen-bond acceptors (Lipinski definition) is 7. The molecule has 2 heterocycles. The van der Waals surface area contributed by atoms with Crippen LogP contribution in [0.4, 0.5) is 11.5 Å². The highest BCUT2D eigenvalue weighted by Gasteiger charge is 2.11. The summed E-state index contributed by atoms with van der Waals surface area (Å²) in [6, 6.07) is 14.0. The Morgan fingerprint density at radius 2 is 1.74 bits per heavy atom. The number of pyridine rings is 1. The number of rotatable bonds is 12. The zero-order chi connectivity index (χ0) is 25.5. The van der Waals surface area contributed by atoms with Crippen molar-refractivity contribution in [3.63, 3.8) is 0 Å². The van der Waals surface area contributed by atoms with Gasteiger partial charge in [0.15, 0.2) is 5.82 Å². The Bertz CT molecular complexity index is 1030. The lowest BCUT2D eigenvalue weighted by Gasteiger charge is -2.23. The third-order valence-corrected chi connectivity index (χ3v) is 5.23. The molecule has 2 aromatic heterocycles. The summed E-state index contributed by atoms with van der Waals surface area (Å²) < 4.78 is 5.99. The first kappa shape index (κ1) is 27.8. The van der Waals surface area contributed by atoms with Gasteiger partial charge in [-0.25, -0.2) is 4.98 Å². The molecule has 0 fully saturated rings. The highest BCUT2D eigenvalue weighted by atomic mass is 16.5. The van der Waals surface area contributed by atoms with E-state index in [2.05, 4.69) is 65.2 Å². The van der Waals surface area contributed by atoms with Gasteiger partial charge in [0.05, 0.1) is 18.5 Å². The average Bonchev–Trinajstić information content (AvgIpc) is 2.88. The van der Waals surface area contributed by atoms with Gasteiger partial charge in [0, 0.05) is 37.5 Å². The molecule has 0 bridgehead atoms. The zero-order valence-corrected chi connectivity index (χ0v) is 22.1. The summed E-state index contributed by atoms with van der Waals surface area (Å²) in [6.45, 7) is 14.9. The van der Waals surface area contributed by atoms with Crippen LogP contribution >= 0.6 is 0 Å². The Hall–Kier alpha value is -3.48. The maximum atomic E-state index is 5.99. The number of anilines is 2. The van der Waals surface area contributed by atoms with Crippen molar-refractivity contribution in [2.75, 3.05) is 30.0 Å². The van der Waals surface area contributed by atoms with Crippen LogP contribution < -0.4 is 15.1 Å². The number of hydrazone groups is 1. The predicted molar refractivity (Wildman–Crippen MR) is 147 cm³/mol. The van der Waals surface area contributed by atoms with E-state index in [1.54, 1.807) is 12.4 Å². The third-order valence-electron chi connectivity index (χ3n) is 5.23. The van der Waals surface area contributed by atoms with E-state index in [4.69, 9.17) is 9.72 Å².